The molecule has 0 radical (unpaired) electrons. The van der Waals surface area contributed by atoms with Crippen LogP contribution in [0.15, 0.2) is 109 Å². The molecule has 0 aliphatic heterocycles. The minimum Gasteiger partial charge on any atom is -0.457 e. The van der Waals surface area contributed by atoms with Gasteiger partial charge in [-0.15, -0.1) is 0 Å². The van der Waals surface area contributed by atoms with Crippen LogP contribution in [-0.2, 0) is 5.41 Å². The highest BCUT2D eigenvalue weighted by molar-refractivity contribution is 6.09. The van der Waals surface area contributed by atoms with E-state index >= 15 is 0 Å². The van der Waals surface area contributed by atoms with E-state index in [9.17, 15) is 0 Å². The molecule has 0 bridgehead atoms. The van der Waals surface area contributed by atoms with Crippen LogP contribution in [0, 0.1) is 20.8 Å². The Hall–Kier alpha value is -5.16. The van der Waals surface area contributed by atoms with Crippen LogP contribution in [0.4, 0.5) is 0 Å². The van der Waals surface area contributed by atoms with Crippen LogP contribution in [-0.4, -0.2) is 19.3 Å². The standard InChI is InChI=1S/C39H36N4O/c1-25-20-21-40-37(22-25)42-35-13-8-7-12-33(35)34-19-18-32(24-36(34)42)44-31-11-9-10-30(23-31)43-27(3)38(26(2)41-43)28-14-16-29(17-15-28)39(4,5)6/h7-24H,1-6H3. The van der Waals surface area contributed by atoms with Crippen molar-refractivity contribution in [3.8, 4) is 34.1 Å². The predicted molar refractivity (Wildman–Crippen MR) is 181 cm³/mol. The fraction of sp³-hybridized carbons (Fsp3) is 0.179. The molecule has 0 amide bonds. The van der Waals surface area contributed by atoms with Gasteiger partial charge in [0.15, 0.2) is 0 Å². The number of rotatable bonds is 5. The van der Waals surface area contributed by atoms with E-state index < -0.39 is 0 Å². The summed E-state index contributed by atoms with van der Waals surface area (Å²) in [5, 5.41) is 7.29. The maximum atomic E-state index is 6.49. The van der Waals surface area contributed by atoms with E-state index in [4.69, 9.17) is 14.8 Å². The Balaban J connectivity index is 1.25. The van der Waals surface area contributed by atoms with Crippen molar-refractivity contribution in [1.82, 2.24) is 19.3 Å². The lowest BCUT2D eigenvalue weighted by atomic mass is 9.86. The van der Waals surface area contributed by atoms with E-state index in [1.54, 1.807) is 0 Å². The summed E-state index contributed by atoms with van der Waals surface area (Å²) in [5.41, 5.74) is 10.2. The summed E-state index contributed by atoms with van der Waals surface area (Å²) in [6.07, 6.45) is 1.86. The topological polar surface area (TPSA) is 44.9 Å². The first-order valence-corrected chi connectivity index (χ1v) is 15.1. The number of benzene rings is 4. The summed E-state index contributed by atoms with van der Waals surface area (Å²) in [6.45, 7) is 13.0. The molecule has 0 unspecified atom stereocenters. The highest BCUT2D eigenvalue weighted by Gasteiger charge is 2.18. The van der Waals surface area contributed by atoms with E-state index in [-0.39, 0.29) is 5.41 Å². The van der Waals surface area contributed by atoms with Crippen molar-refractivity contribution in [2.24, 2.45) is 0 Å². The van der Waals surface area contributed by atoms with Crippen LogP contribution in [0.1, 0.15) is 43.3 Å². The van der Waals surface area contributed by atoms with Gasteiger partial charge in [0.2, 0.25) is 0 Å². The molecule has 0 aliphatic carbocycles. The summed E-state index contributed by atoms with van der Waals surface area (Å²) in [5.74, 6) is 2.41. The maximum Gasteiger partial charge on any atom is 0.137 e. The predicted octanol–water partition coefficient (Wildman–Crippen LogP) is 10.0. The molecule has 0 N–H and O–H groups in total. The third-order valence-corrected chi connectivity index (χ3v) is 8.40. The van der Waals surface area contributed by atoms with Crippen molar-refractivity contribution >= 4 is 21.8 Å². The number of aryl methyl sites for hydroxylation is 2. The van der Waals surface area contributed by atoms with Crippen molar-refractivity contribution < 1.29 is 4.74 Å². The van der Waals surface area contributed by atoms with Crippen LogP contribution in [0.5, 0.6) is 11.5 Å². The number of hydrogen-bond donors (Lipinski definition) is 0. The quantitative estimate of drug-likeness (QED) is 0.205. The van der Waals surface area contributed by atoms with Crippen LogP contribution < -0.4 is 4.74 Å². The molecule has 0 spiro atoms. The number of ether oxygens (including phenoxy) is 1. The largest absolute Gasteiger partial charge is 0.457 e. The van der Waals surface area contributed by atoms with Crippen molar-refractivity contribution in [3.05, 3.63) is 132 Å². The van der Waals surface area contributed by atoms with Gasteiger partial charge in [0, 0.05) is 40.4 Å². The maximum absolute atomic E-state index is 6.49. The zero-order valence-electron chi connectivity index (χ0n) is 26.1. The average molecular weight is 577 g/mol. The van der Waals surface area contributed by atoms with Gasteiger partial charge in [-0.25, -0.2) is 9.67 Å². The number of aromatic nitrogens is 4. The van der Waals surface area contributed by atoms with Gasteiger partial charge in [-0.3, -0.25) is 4.57 Å². The number of pyridine rings is 1. The first-order valence-electron chi connectivity index (χ1n) is 15.1. The van der Waals surface area contributed by atoms with Crippen LogP contribution in [0.3, 0.4) is 0 Å². The fourth-order valence-corrected chi connectivity index (χ4v) is 6.17. The molecule has 5 heteroatoms. The summed E-state index contributed by atoms with van der Waals surface area (Å²) in [7, 11) is 0. The highest BCUT2D eigenvalue weighted by Crippen LogP contribution is 2.36. The van der Waals surface area contributed by atoms with Crippen LogP contribution in [0.25, 0.3) is 44.4 Å². The Bertz CT molecular complexity index is 2160. The molecule has 0 fully saturated rings. The first kappa shape index (κ1) is 27.7. The summed E-state index contributed by atoms with van der Waals surface area (Å²) in [6, 6.07) is 35.9. The van der Waals surface area contributed by atoms with E-state index in [2.05, 4.69) is 119 Å². The first-order chi connectivity index (χ1) is 21.2. The molecule has 5 nitrogen and oxygen atoms in total. The van der Waals surface area contributed by atoms with Crippen LogP contribution >= 0.6 is 0 Å². The molecule has 0 atom stereocenters. The molecule has 3 aromatic heterocycles. The summed E-state index contributed by atoms with van der Waals surface area (Å²) >= 11 is 0. The van der Waals surface area contributed by atoms with Gasteiger partial charge in [-0.2, -0.15) is 5.10 Å². The molecular formula is C39H36N4O. The molecule has 3 heterocycles. The third-order valence-electron chi connectivity index (χ3n) is 8.40. The molecule has 0 saturated heterocycles. The Morgan fingerprint density at radius 2 is 1.43 bits per heavy atom. The van der Waals surface area contributed by atoms with Gasteiger partial charge in [-0.05, 0) is 85.3 Å². The number of hydrogen-bond acceptors (Lipinski definition) is 3. The average Bonchev–Trinajstić information content (AvgIpc) is 3.49. The molecule has 0 saturated carbocycles. The van der Waals surface area contributed by atoms with Crippen molar-refractivity contribution in [1.29, 1.82) is 0 Å². The van der Waals surface area contributed by atoms with E-state index in [0.717, 1.165) is 50.8 Å². The highest BCUT2D eigenvalue weighted by atomic mass is 16.5. The molecule has 218 valence electrons. The second kappa shape index (κ2) is 10.5. The number of fused-ring (bicyclic) bond motifs is 3. The Morgan fingerprint density at radius 3 is 2.20 bits per heavy atom. The minimum atomic E-state index is 0.117. The summed E-state index contributed by atoms with van der Waals surface area (Å²) < 4.78 is 10.7. The molecule has 0 aliphatic rings. The van der Waals surface area contributed by atoms with Crippen molar-refractivity contribution in [2.45, 2.75) is 47.0 Å². The normalized spacial score (nSPS) is 11.9. The smallest absolute Gasteiger partial charge is 0.137 e. The Morgan fingerprint density at radius 1 is 0.682 bits per heavy atom. The Labute approximate surface area is 258 Å². The molecule has 44 heavy (non-hydrogen) atoms. The lowest BCUT2D eigenvalue weighted by Crippen LogP contribution is -2.10. The molecular weight excluding hydrogens is 540 g/mol. The van der Waals surface area contributed by atoms with Crippen LogP contribution in [0.2, 0.25) is 0 Å². The van der Waals surface area contributed by atoms with Crippen molar-refractivity contribution in [3.63, 3.8) is 0 Å². The monoisotopic (exact) mass is 576 g/mol. The van der Waals surface area contributed by atoms with Crippen molar-refractivity contribution in [2.75, 3.05) is 0 Å². The van der Waals surface area contributed by atoms with Gasteiger partial charge >= 0.3 is 0 Å². The molecule has 7 aromatic rings. The SMILES string of the molecule is Cc1ccnc(-n2c3ccccc3c3ccc(Oc4cccc(-n5nc(C)c(-c6ccc(C(C)(C)C)cc6)c5C)c4)cc32)c1. The second-order valence-electron chi connectivity index (χ2n) is 12.6. The zero-order chi connectivity index (χ0) is 30.6. The van der Waals surface area contributed by atoms with Gasteiger partial charge in [0.25, 0.3) is 0 Å². The van der Waals surface area contributed by atoms with Gasteiger partial charge in [0.05, 0.1) is 22.4 Å². The van der Waals surface area contributed by atoms with E-state index in [1.807, 2.05) is 41.2 Å². The fourth-order valence-electron chi connectivity index (χ4n) is 6.17. The number of para-hydroxylation sites is 1. The minimum absolute atomic E-state index is 0.117. The molecule has 4 aromatic carbocycles. The third kappa shape index (κ3) is 4.84. The zero-order valence-corrected chi connectivity index (χ0v) is 26.1. The Kier molecular flexibility index (Phi) is 6.62. The van der Waals surface area contributed by atoms with E-state index in [0.29, 0.717) is 0 Å². The van der Waals surface area contributed by atoms with Gasteiger partial charge in [0.1, 0.15) is 17.3 Å². The van der Waals surface area contributed by atoms with Gasteiger partial charge < -0.3 is 4.74 Å². The second-order valence-corrected chi connectivity index (χ2v) is 12.6. The summed E-state index contributed by atoms with van der Waals surface area (Å²) in [4.78, 5) is 4.71. The number of nitrogens with zero attached hydrogens (tertiary/aromatic N) is 4. The lowest BCUT2D eigenvalue weighted by molar-refractivity contribution is 0.482. The molecule has 7 rings (SSSR count). The van der Waals surface area contributed by atoms with E-state index in [1.165, 1.54) is 27.6 Å². The lowest BCUT2D eigenvalue weighted by Gasteiger charge is -2.19. The van der Waals surface area contributed by atoms with Gasteiger partial charge in [-0.1, -0.05) is 69.3 Å².